The van der Waals surface area contributed by atoms with E-state index in [0.29, 0.717) is 12.0 Å². The van der Waals surface area contributed by atoms with E-state index in [9.17, 15) is 4.79 Å². The van der Waals surface area contributed by atoms with Crippen LogP contribution in [0.15, 0.2) is 24.8 Å². The van der Waals surface area contributed by atoms with Gasteiger partial charge >= 0.3 is 5.97 Å². The summed E-state index contributed by atoms with van der Waals surface area (Å²) >= 11 is 0. The molecule has 1 aromatic rings. The molecule has 1 aromatic carbocycles. The smallest absolute Gasteiger partial charge is 0.322 e. The predicted octanol–water partition coefficient (Wildman–Crippen LogP) is 2.05. The van der Waals surface area contributed by atoms with E-state index in [1.165, 1.54) is 23.8 Å². The van der Waals surface area contributed by atoms with Gasteiger partial charge in [0.1, 0.15) is 6.04 Å². The number of hydrogen-bond acceptors (Lipinski definition) is 4. The molecule has 2 heterocycles. The zero-order chi connectivity index (χ0) is 14.1. The quantitative estimate of drug-likeness (QED) is 0.839. The van der Waals surface area contributed by atoms with Crippen molar-refractivity contribution in [3.05, 3.63) is 41.5 Å². The van der Waals surface area contributed by atoms with Crippen molar-refractivity contribution in [3.8, 4) is 0 Å². The Balaban J connectivity index is 0.00000161. The zero-order valence-corrected chi connectivity index (χ0v) is 12.9. The van der Waals surface area contributed by atoms with Gasteiger partial charge in [-0.2, -0.15) is 0 Å². The van der Waals surface area contributed by atoms with Gasteiger partial charge in [0.2, 0.25) is 0 Å². The monoisotopic (exact) mass is 308 g/mol. The molecule has 1 unspecified atom stereocenters. The Bertz CT molecular complexity index is 547. The summed E-state index contributed by atoms with van der Waals surface area (Å²) in [5, 5.41) is 6.84. The number of hydrogen-bond donors (Lipinski definition) is 2. The molecule has 2 N–H and O–H groups in total. The number of methoxy groups -OCH3 is 1. The van der Waals surface area contributed by atoms with Crippen LogP contribution in [0.5, 0.6) is 0 Å². The molecule has 3 rings (SSSR count). The van der Waals surface area contributed by atoms with Crippen LogP contribution in [-0.4, -0.2) is 25.7 Å². The second-order valence-electron chi connectivity index (χ2n) is 5.46. The van der Waals surface area contributed by atoms with Gasteiger partial charge in [0.15, 0.2) is 0 Å². The fourth-order valence-electron chi connectivity index (χ4n) is 3.39. The third kappa shape index (κ3) is 2.84. The van der Waals surface area contributed by atoms with Gasteiger partial charge in [0, 0.05) is 19.1 Å². The fourth-order valence-corrected chi connectivity index (χ4v) is 3.39. The van der Waals surface area contributed by atoms with Gasteiger partial charge in [0.05, 0.1) is 7.11 Å². The second kappa shape index (κ2) is 6.60. The van der Waals surface area contributed by atoms with Crippen molar-refractivity contribution in [3.63, 3.8) is 0 Å². The topological polar surface area (TPSA) is 50.4 Å². The van der Waals surface area contributed by atoms with Crippen LogP contribution >= 0.6 is 12.4 Å². The number of carbonyl (C=O) groups is 1. The van der Waals surface area contributed by atoms with Crippen molar-refractivity contribution in [1.29, 1.82) is 0 Å². The minimum Gasteiger partial charge on any atom is -0.468 e. The molecule has 1 fully saturated rings. The number of halogens is 1. The van der Waals surface area contributed by atoms with Gasteiger partial charge in [0.25, 0.3) is 0 Å². The minimum atomic E-state index is -0.168. The molecule has 0 aliphatic carbocycles. The van der Waals surface area contributed by atoms with E-state index in [0.717, 1.165) is 19.5 Å². The van der Waals surface area contributed by atoms with Gasteiger partial charge < -0.3 is 15.4 Å². The second-order valence-corrected chi connectivity index (χ2v) is 5.46. The van der Waals surface area contributed by atoms with Crippen LogP contribution in [0.3, 0.4) is 0 Å². The largest absolute Gasteiger partial charge is 0.468 e. The van der Waals surface area contributed by atoms with E-state index in [1.54, 1.807) is 0 Å². The summed E-state index contributed by atoms with van der Waals surface area (Å²) < 4.78 is 4.82. The standard InChI is InChI=1S/C16H20N2O2.ClH/c1-3-10-5-4-6-12-13(10)9-18-15(12)11-7-14(17-8-11)16(19)20-2;/h3-6,11,14-15,17-18H,1,7-9H2,2H3;1H/t11-,14+,15?;/m1./s1. The van der Waals surface area contributed by atoms with Crippen molar-refractivity contribution >= 4 is 24.5 Å². The Morgan fingerprint density at radius 2 is 2.24 bits per heavy atom. The molecule has 0 aromatic heterocycles. The molecule has 21 heavy (non-hydrogen) atoms. The zero-order valence-electron chi connectivity index (χ0n) is 12.1. The lowest BCUT2D eigenvalue weighted by atomic mass is 9.90. The maximum atomic E-state index is 11.6. The SMILES string of the molecule is C=Cc1cccc2c1CNC2[C@H]1CN[C@H](C(=O)OC)C1.Cl. The summed E-state index contributed by atoms with van der Waals surface area (Å²) in [5.74, 6) is 0.256. The molecule has 3 atom stereocenters. The number of ether oxygens (including phenoxy) is 1. The molecule has 114 valence electrons. The maximum absolute atomic E-state index is 11.6. The van der Waals surface area contributed by atoms with E-state index >= 15 is 0 Å². The summed E-state index contributed by atoms with van der Waals surface area (Å²) in [7, 11) is 1.44. The summed E-state index contributed by atoms with van der Waals surface area (Å²) in [6.07, 6.45) is 2.73. The van der Waals surface area contributed by atoms with Crippen LogP contribution in [0.4, 0.5) is 0 Å². The summed E-state index contributed by atoms with van der Waals surface area (Å²) in [4.78, 5) is 11.6. The molecule has 1 saturated heterocycles. The highest BCUT2D eigenvalue weighted by atomic mass is 35.5. The molecule has 0 saturated carbocycles. The summed E-state index contributed by atoms with van der Waals surface area (Å²) in [6.45, 7) is 5.60. The number of esters is 1. The third-order valence-electron chi connectivity index (χ3n) is 4.42. The average Bonchev–Trinajstić information content (AvgIpc) is 3.12. The molecular formula is C16H21ClN2O2. The first-order chi connectivity index (χ1) is 9.74. The molecular weight excluding hydrogens is 288 g/mol. The summed E-state index contributed by atoms with van der Waals surface area (Å²) in [6, 6.07) is 6.50. The Kier molecular flexibility index (Phi) is 5.04. The van der Waals surface area contributed by atoms with Gasteiger partial charge in [-0.1, -0.05) is 30.9 Å². The first-order valence-electron chi connectivity index (χ1n) is 7.03. The molecule has 4 nitrogen and oxygen atoms in total. The molecule has 2 aliphatic heterocycles. The van der Waals surface area contributed by atoms with Crippen LogP contribution in [0.25, 0.3) is 6.08 Å². The highest BCUT2D eigenvalue weighted by Gasteiger charge is 2.38. The highest BCUT2D eigenvalue weighted by Crippen LogP contribution is 2.36. The molecule has 5 heteroatoms. The van der Waals surface area contributed by atoms with E-state index in [2.05, 4.69) is 35.4 Å². The average molecular weight is 309 g/mol. The van der Waals surface area contributed by atoms with Crippen molar-refractivity contribution < 1.29 is 9.53 Å². The van der Waals surface area contributed by atoms with Gasteiger partial charge in [-0.25, -0.2) is 0 Å². The number of fused-ring (bicyclic) bond motifs is 1. The first kappa shape index (κ1) is 16.0. The van der Waals surface area contributed by atoms with E-state index in [1.807, 2.05) is 6.08 Å². The van der Waals surface area contributed by atoms with Crippen molar-refractivity contribution in [2.45, 2.75) is 25.0 Å². The third-order valence-corrected chi connectivity index (χ3v) is 4.42. The van der Waals surface area contributed by atoms with Crippen LogP contribution in [-0.2, 0) is 16.1 Å². The van der Waals surface area contributed by atoms with Gasteiger partial charge in [-0.05, 0) is 29.0 Å². The number of rotatable bonds is 3. The van der Waals surface area contributed by atoms with E-state index in [-0.39, 0.29) is 24.4 Å². The maximum Gasteiger partial charge on any atom is 0.322 e. The van der Waals surface area contributed by atoms with Crippen molar-refractivity contribution in [2.24, 2.45) is 5.92 Å². The highest BCUT2D eigenvalue weighted by molar-refractivity contribution is 5.85. The Morgan fingerprint density at radius 3 is 2.95 bits per heavy atom. The Labute approximate surface area is 131 Å². The Morgan fingerprint density at radius 1 is 1.43 bits per heavy atom. The summed E-state index contributed by atoms with van der Waals surface area (Å²) in [5.41, 5.74) is 3.89. The molecule has 0 bridgehead atoms. The normalized spacial score (nSPS) is 26.8. The minimum absolute atomic E-state index is 0. The van der Waals surface area contributed by atoms with Crippen LogP contribution in [0, 0.1) is 5.92 Å². The molecule has 0 radical (unpaired) electrons. The van der Waals surface area contributed by atoms with Gasteiger partial charge in [-0.3, -0.25) is 4.79 Å². The lowest BCUT2D eigenvalue weighted by Gasteiger charge is -2.19. The van der Waals surface area contributed by atoms with Crippen LogP contribution in [0.2, 0.25) is 0 Å². The van der Waals surface area contributed by atoms with Gasteiger partial charge in [-0.15, -0.1) is 12.4 Å². The van der Waals surface area contributed by atoms with Crippen LogP contribution < -0.4 is 10.6 Å². The molecule has 0 spiro atoms. The first-order valence-corrected chi connectivity index (χ1v) is 7.03. The number of benzene rings is 1. The fraction of sp³-hybridized carbons (Fsp3) is 0.438. The number of carbonyl (C=O) groups excluding carboxylic acids is 1. The van der Waals surface area contributed by atoms with E-state index < -0.39 is 0 Å². The lowest BCUT2D eigenvalue weighted by molar-refractivity contribution is -0.142. The molecule has 2 aliphatic rings. The van der Waals surface area contributed by atoms with Crippen molar-refractivity contribution in [1.82, 2.24) is 10.6 Å². The molecule has 0 amide bonds. The van der Waals surface area contributed by atoms with Crippen LogP contribution in [0.1, 0.15) is 29.2 Å². The predicted molar refractivity (Wildman–Crippen MR) is 85.3 cm³/mol. The van der Waals surface area contributed by atoms with E-state index in [4.69, 9.17) is 4.74 Å². The Hall–Kier alpha value is -1.36. The van der Waals surface area contributed by atoms with Crippen molar-refractivity contribution in [2.75, 3.05) is 13.7 Å². The lowest BCUT2D eigenvalue weighted by Crippen LogP contribution is -2.31. The number of nitrogens with one attached hydrogen (secondary N) is 2.